The third-order valence-electron chi connectivity index (χ3n) is 6.65. The number of methoxy groups -OCH3 is 3. The maximum atomic E-state index is 13.3. The van der Waals surface area contributed by atoms with E-state index in [-0.39, 0.29) is 24.3 Å². The second-order valence-corrected chi connectivity index (χ2v) is 8.67. The van der Waals surface area contributed by atoms with Crippen LogP contribution in [0.4, 0.5) is 0 Å². The van der Waals surface area contributed by atoms with Crippen LogP contribution in [0, 0.1) is 0 Å². The van der Waals surface area contributed by atoms with Crippen LogP contribution in [0.25, 0.3) is 0 Å². The topological polar surface area (TPSA) is 77.1 Å². The molecule has 2 amide bonds. The number of amides is 2. The van der Waals surface area contributed by atoms with Gasteiger partial charge in [0.15, 0.2) is 11.5 Å². The van der Waals surface area contributed by atoms with Gasteiger partial charge >= 0.3 is 0 Å². The monoisotopic (exact) mass is 452 g/mol. The number of nitrogens with one attached hydrogen (secondary N) is 1. The molecule has 0 aromatic heterocycles. The van der Waals surface area contributed by atoms with Gasteiger partial charge in [-0.15, -0.1) is 0 Å². The van der Waals surface area contributed by atoms with Crippen LogP contribution in [-0.4, -0.2) is 44.1 Å². The molecule has 1 heterocycles. The fourth-order valence-electron chi connectivity index (χ4n) is 4.94. The van der Waals surface area contributed by atoms with E-state index in [0.717, 1.165) is 36.8 Å². The standard InChI is InChI=1S/C26H32N2O5/c1-31-22-13-18(14-23(32-2)25(22)33-3)21(15-24(29)27-19-10-5-4-6-11-19)28-16-17-9-7-8-12-20(17)26(28)30/h7-9,12-14,19,21H,4-6,10-11,15-16H2,1-3H3,(H,27,29)/t21-/m1/s1. The average molecular weight is 453 g/mol. The average Bonchev–Trinajstić information content (AvgIpc) is 3.18. The smallest absolute Gasteiger partial charge is 0.255 e. The van der Waals surface area contributed by atoms with E-state index < -0.39 is 6.04 Å². The van der Waals surface area contributed by atoms with Crippen LogP contribution in [0.3, 0.4) is 0 Å². The number of hydrogen-bond acceptors (Lipinski definition) is 5. The van der Waals surface area contributed by atoms with E-state index in [9.17, 15) is 9.59 Å². The van der Waals surface area contributed by atoms with Gasteiger partial charge in [0.1, 0.15) is 0 Å². The van der Waals surface area contributed by atoms with Crippen LogP contribution in [0.5, 0.6) is 17.2 Å². The first kappa shape index (κ1) is 23.0. The Morgan fingerprint density at radius 1 is 1.03 bits per heavy atom. The van der Waals surface area contributed by atoms with Crippen LogP contribution in [0.15, 0.2) is 36.4 Å². The molecule has 1 N–H and O–H groups in total. The highest BCUT2D eigenvalue weighted by atomic mass is 16.5. The van der Waals surface area contributed by atoms with E-state index in [1.807, 2.05) is 36.4 Å². The van der Waals surface area contributed by atoms with Gasteiger partial charge in [-0.2, -0.15) is 0 Å². The maximum absolute atomic E-state index is 13.3. The second-order valence-electron chi connectivity index (χ2n) is 8.67. The molecule has 0 bridgehead atoms. The molecule has 1 aliphatic heterocycles. The third-order valence-corrected chi connectivity index (χ3v) is 6.65. The summed E-state index contributed by atoms with van der Waals surface area (Å²) in [4.78, 5) is 28.2. The molecule has 1 fully saturated rings. The SMILES string of the molecule is COc1cc([C@@H](CC(=O)NC2CCCCC2)N2Cc3ccccc3C2=O)cc(OC)c1OC. The van der Waals surface area contributed by atoms with E-state index in [1.165, 1.54) is 6.42 Å². The van der Waals surface area contributed by atoms with E-state index in [0.29, 0.717) is 29.4 Å². The summed E-state index contributed by atoms with van der Waals surface area (Å²) in [6, 6.07) is 11.0. The zero-order valence-corrected chi connectivity index (χ0v) is 19.6. The zero-order valence-electron chi connectivity index (χ0n) is 19.6. The number of benzene rings is 2. The van der Waals surface area contributed by atoms with E-state index >= 15 is 0 Å². The molecule has 7 heteroatoms. The highest BCUT2D eigenvalue weighted by Crippen LogP contribution is 2.43. The van der Waals surface area contributed by atoms with Crippen LogP contribution in [0.2, 0.25) is 0 Å². The van der Waals surface area contributed by atoms with Gasteiger partial charge in [0.2, 0.25) is 11.7 Å². The molecule has 0 radical (unpaired) electrons. The number of hydrogen-bond donors (Lipinski definition) is 1. The fourth-order valence-corrected chi connectivity index (χ4v) is 4.94. The molecule has 1 atom stereocenters. The molecule has 2 aliphatic rings. The first-order valence-corrected chi connectivity index (χ1v) is 11.5. The summed E-state index contributed by atoms with van der Waals surface area (Å²) in [6.45, 7) is 0.451. The Labute approximate surface area is 195 Å². The lowest BCUT2D eigenvalue weighted by atomic mass is 9.94. The molecule has 0 saturated heterocycles. The fraction of sp³-hybridized carbons (Fsp3) is 0.462. The Morgan fingerprint density at radius 2 is 1.70 bits per heavy atom. The first-order valence-electron chi connectivity index (χ1n) is 11.5. The van der Waals surface area contributed by atoms with Crippen molar-refractivity contribution in [2.45, 2.75) is 57.2 Å². The van der Waals surface area contributed by atoms with Gasteiger partial charge in [0.05, 0.1) is 33.8 Å². The van der Waals surface area contributed by atoms with E-state index in [1.54, 1.807) is 26.2 Å². The maximum Gasteiger partial charge on any atom is 0.255 e. The minimum Gasteiger partial charge on any atom is -0.493 e. The Balaban J connectivity index is 1.67. The van der Waals surface area contributed by atoms with Crippen molar-refractivity contribution in [3.05, 3.63) is 53.1 Å². The molecule has 4 rings (SSSR count). The molecule has 0 unspecified atom stereocenters. The summed E-state index contributed by atoms with van der Waals surface area (Å²) in [6.07, 6.45) is 5.68. The summed E-state index contributed by atoms with van der Waals surface area (Å²) in [5.74, 6) is 1.34. The predicted molar refractivity (Wildman–Crippen MR) is 125 cm³/mol. The van der Waals surface area contributed by atoms with Crippen molar-refractivity contribution in [3.63, 3.8) is 0 Å². The van der Waals surface area contributed by atoms with Gasteiger partial charge < -0.3 is 24.4 Å². The minimum atomic E-state index is -0.470. The van der Waals surface area contributed by atoms with Crippen molar-refractivity contribution in [1.82, 2.24) is 10.2 Å². The highest BCUT2D eigenvalue weighted by Gasteiger charge is 2.35. The summed E-state index contributed by atoms with van der Waals surface area (Å²) >= 11 is 0. The van der Waals surface area contributed by atoms with Crippen molar-refractivity contribution in [2.75, 3.05) is 21.3 Å². The normalized spacial score (nSPS) is 16.8. The van der Waals surface area contributed by atoms with Gasteiger partial charge in [-0.3, -0.25) is 9.59 Å². The number of ether oxygens (including phenoxy) is 3. The molecule has 2 aromatic rings. The van der Waals surface area contributed by atoms with Crippen LogP contribution in [0.1, 0.15) is 66.1 Å². The minimum absolute atomic E-state index is 0.0515. The van der Waals surface area contributed by atoms with Gasteiger partial charge in [-0.25, -0.2) is 0 Å². The number of carbonyl (C=O) groups excluding carboxylic acids is 2. The van der Waals surface area contributed by atoms with Crippen molar-refractivity contribution in [3.8, 4) is 17.2 Å². The summed E-state index contributed by atoms with van der Waals surface area (Å²) in [7, 11) is 4.67. The summed E-state index contributed by atoms with van der Waals surface area (Å²) < 4.78 is 16.5. The molecular weight excluding hydrogens is 420 g/mol. The van der Waals surface area contributed by atoms with Gasteiger partial charge in [0.25, 0.3) is 5.91 Å². The molecule has 33 heavy (non-hydrogen) atoms. The molecule has 176 valence electrons. The third kappa shape index (κ3) is 4.77. The Bertz CT molecular complexity index is 990. The van der Waals surface area contributed by atoms with Crippen LogP contribution >= 0.6 is 0 Å². The lowest BCUT2D eigenvalue weighted by Crippen LogP contribution is -2.39. The molecule has 7 nitrogen and oxygen atoms in total. The summed E-state index contributed by atoms with van der Waals surface area (Å²) in [5, 5.41) is 3.19. The van der Waals surface area contributed by atoms with Crippen molar-refractivity contribution in [1.29, 1.82) is 0 Å². The number of carbonyl (C=O) groups is 2. The Kier molecular flexibility index (Phi) is 7.06. The lowest BCUT2D eigenvalue weighted by molar-refractivity contribution is -0.123. The Morgan fingerprint density at radius 3 is 2.30 bits per heavy atom. The molecule has 1 saturated carbocycles. The predicted octanol–water partition coefficient (Wildman–Crippen LogP) is 4.25. The molecular formula is C26H32N2O5. The molecule has 1 aliphatic carbocycles. The number of nitrogens with zero attached hydrogens (tertiary/aromatic N) is 1. The van der Waals surface area contributed by atoms with Crippen molar-refractivity contribution in [2.24, 2.45) is 0 Å². The number of fused-ring (bicyclic) bond motifs is 1. The number of rotatable bonds is 8. The van der Waals surface area contributed by atoms with E-state index in [4.69, 9.17) is 14.2 Å². The largest absolute Gasteiger partial charge is 0.493 e. The molecule has 2 aromatic carbocycles. The zero-order chi connectivity index (χ0) is 23.4. The lowest BCUT2D eigenvalue weighted by Gasteiger charge is -2.30. The Hall–Kier alpha value is -3.22. The highest BCUT2D eigenvalue weighted by molar-refractivity contribution is 5.99. The second kappa shape index (κ2) is 10.1. The van der Waals surface area contributed by atoms with Crippen molar-refractivity contribution < 1.29 is 23.8 Å². The van der Waals surface area contributed by atoms with Crippen LogP contribution < -0.4 is 19.5 Å². The molecule has 0 spiro atoms. The van der Waals surface area contributed by atoms with Crippen molar-refractivity contribution >= 4 is 11.8 Å². The quantitative estimate of drug-likeness (QED) is 0.648. The van der Waals surface area contributed by atoms with Gasteiger partial charge in [0, 0.05) is 18.2 Å². The first-order chi connectivity index (χ1) is 16.0. The summed E-state index contributed by atoms with van der Waals surface area (Å²) in [5.41, 5.74) is 2.42. The van der Waals surface area contributed by atoms with E-state index in [2.05, 4.69) is 5.32 Å². The van der Waals surface area contributed by atoms with Crippen LogP contribution in [-0.2, 0) is 11.3 Å². The van der Waals surface area contributed by atoms with Gasteiger partial charge in [-0.05, 0) is 42.2 Å². The van der Waals surface area contributed by atoms with Gasteiger partial charge in [-0.1, -0.05) is 37.5 Å².